The van der Waals surface area contributed by atoms with Gasteiger partial charge in [0.25, 0.3) is 0 Å². The summed E-state index contributed by atoms with van der Waals surface area (Å²) in [5, 5.41) is 11.0. The monoisotopic (exact) mass is 249 g/mol. The summed E-state index contributed by atoms with van der Waals surface area (Å²) >= 11 is 0. The van der Waals surface area contributed by atoms with E-state index in [0.717, 1.165) is 11.3 Å². The van der Waals surface area contributed by atoms with Crippen LogP contribution in [0, 0.1) is 17.0 Å². The summed E-state index contributed by atoms with van der Waals surface area (Å²) in [5.74, 6) is 6.72. The molecule has 1 rings (SSSR count). The van der Waals surface area contributed by atoms with Crippen LogP contribution in [0.1, 0.15) is 12.0 Å². The van der Waals surface area contributed by atoms with Crippen molar-refractivity contribution in [2.24, 2.45) is 5.73 Å². The van der Waals surface area contributed by atoms with Gasteiger partial charge in [-0.05, 0) is 18.2 Å². The van der Waals surface area contributed by atoms with Gasteiger partial charge in [0.1, 0.15) is 18.9 Å². The first-order valence-electron chi connectivity index (χ1n) is 5.88. The van der Waals surface area contributed by atoms with E-state index in [4.69, 9.17) is 10.5 Å². The molecule has 5 heteroatoms. The lowest BCUT2D eigenvalue weighted by Crippen LogP contribution is -3.13. The highest BCUT2D eigenvalue weighted by atomic mass is 16.5. The molecule has 4 N–H and O–H groups in total. The molecule has 0 spiro atoms. The first-order chi connectivity index (χ1) is 8.76. The van der Waals surface area contributed by atoms with Crippen molar-refractivity contribution in [3.8, 4) is 17.6 Å². The molecular weight excluding hydrogens is 230 g/mol. The molecule has 0 fully saturated rings. The number of hydrogen-bond acceptors (Lipinski definition) is 4. The molecule has 0 aromatic heterocycles. The van der Waals surface area contributed by atoms with Gasteiger partial charge in [-0.2, -0.15) is 5.43 Å². The molecule has 0 aliphatic heterocycles. The van der Waals surface area contributed by atoms with Crippen molar-refractivity contribution < 1.29 is 9.91 Å². The van der Waals surface area contributed by atoms with Crippen LogP contribution in [0.25, 0.3) is 0 Å². The summed E-state index contributed by atoms with van der Waals surface area (Å²) in [6, 6.07) is 7.52. The third-order valence-corrected chi connectivity index (χ3v) is 2.21. The predicted molar refractivity (Wildman–Crippen MR) is 70.7 cm³/mol. The van der Waals surface area contributed by atoms with Crippen LogP contribution in [-0.2, 0) is 0 Å². The Balaban J connectivity index is 2.48. The maximum absolute atomic E-state index is 11.0. The zero-order chi connectivity index (χ0) is 13.2. The molecule has 0 amide bonds. The first kappa shape index (κ1) is 14.5. The van der Waals surface area contributed by atoms with Gasteiger partial charge in [-0.1, -0.05) is 17.9 Å². The van der Waals surface area contributed by atoms with Crippen molar-refractivity contribution >= 4 is 0 Å². The second-order valence-corrected chi connectivity index (χ2v) is 3.64. The lowest BCUT2D eigenvalue weighted by Gasteiger charge is -2.17. The van der Waals surface area contributed by atoms with Crippen molar-refractivity contribution in [3.63, 3.8) is 0 Å². The Kier molecular flexibility index (Phi) is 6.84. The summed E-state index contributed by atoms with van der Waals surface area (Å²) in [5.41, 5.74) is 8.80. The Morgan fingerprint density at radius 1 is 1.50 bits per heavy atom. The highest BCUT2D eigenvalue weighted by Gasteiger charge is 1.94. The fourth-order valence-electron chi connectivity index (χ4n) is 1.31. The van der Waals surface area contributed by atoms with Crippen molar-refractivity contribution in [2.45, 2.75) is 6.42 Å². The van der Waals surface area contributed by atoms with Crippen LogP contribution in [0.2, 0.25) is 0 Å². The van der Waals surface area contributed by atoms with Gasteiger partial charge in [-0.25, -0.2) is 0 Å². The van der Waals surface area contributed by atoms with Crippen LogP contribution < -0.4 is 21.1 Å². The molecule has 1 aromatic rings. The maximum Gasteiger partial charge on any atom is 0.120 e. The van der Waals surface area contributed by atoms with E-state index in [1.165, 1.54) is 0 Å². The van der Waals surface area contributed by atoms with Crippen molar-refractivity contribution in [2.75, 3.05) is 26.7 Å². The van der Waals surface area contributed by atoms with Crippen molar-refractivity contribution in [1.29, 1.82) is 0 Å². The van der Waals surface area contributed by atoms with Crippen LogP contribution in [0.4, 0.5) is 0 Å². The van der Waals surface area contributed by atoms with Gasteiger partial charge in [0.05, 0.1) is 6.42 Å². The number of quaternary nitrogens is 1. The number of hydroxylamine groups is 1. The van der Waals surface area contributed by atoms with Gasteiger partial charge in [0.2, 0.25) is 0 Å². The fraction of sp³-hybridized carbons (Fsp3) is 0.385. The molecule has 0 radical (unpaired) electrons. The van der Waals surface area contributed by atoms with Gasteiger partial charge in [-0.3, -0.25) is 5.17 Å². The van der Waals surface area contributed by atoms with Crippen molar-refractivity contribution in [3.05, 3.63) is 35.0 Å². The molecule has 98 valence electrons. The van der Waals surface area contributed by atoms with E-state index < -0.39 is 0 Å². The van der Waals surface area contributed by atoms with E-state index in [9.17, 15) is 5.21 Å². The normalized spacial score (nSPS) is 11.5. The minimum Gasteiger partial charge on any atom is -0.613 e. The Morgan fingerprint density at radius 2 is 2.33 bits per heavy atom. The van der Waals surface area contributed by atoms with Gasteiger partial charge in [0, 0.05) is 19.2 Å². The van der Waals surface area contributed by atoms with Crippen LogP contribution in [0.3, 0.4) is 0 Å². The van der Waals surface area contributed by atoms with E-state index in [1.54, 1.807) is 7.05 Å². The average Bonchev–Trinajstić information content (AvgIpc) is 2.41. The molecule has 0 aliphatic carbocycles. The van der Waals surface area contributed by atoms with Gasteiger partial charge >= 0.3 is 0 Å². The maximum atomic E-state index is 11.0. The minimum atomic E-state index is 0.00401. The summed E-state index contributed by atoms with van der Waals surface area (Å²) in [6.07, 6.45) is 0.549. The summed E-state index contributed by atoms with van der Waals surface area (Å²) in [7, 11) is 1.62. The summed E-state index contributed by atoms with van der Waals surface area (Å²) in [4.78, 5) is 0. The lowest BCUT2D eigenvalue weighted by atomic mass is 10.2. The zero-order valence-corrected chi connectivity index (χ0v) is 10.5. The van der Waals surface area contributed by atoms with Gasteiger partial charge in [0.15, 0.2) is 0 Å². The molecule has 0 saturated carbocycles. The van der Waals surface area contributed by atoms with Crippen LogP contribution >= 0.6 is 0 Å². The minimum absolute atomic E-state index is 0.00401. The topological polar surface area (TPSA) is 74.8 Å². The molecule has 0 saturated heterocycles. The molecule has 1 unspecified atom stereocenters. The largest absolute Gasteiger partial charge is 0.613 e. The Bertz CT molecular complexity index is 412. The second kappa shape index (κ2) is 8.50. The molecule has 1 aromatic carbocycles. The van der Waals surface area contributed by atoms with Crippen LogP contribution in [-0.4, -0.2) is 26.7 Å². The Labute approximate surface area is 107 Å². The SMILES string of the molecule is CN[NH+]([O-])CCC#Cc1cccc(OCCN)c1. The van der Waals surface area contributed by atoms with E-state index in [-0.39, 0.29) is 5.17 Å². The number of ether oxygens (including phenoxy) is 1. The number of nitrogens with two attached hydrogens (primary N) is 1. The summed E-state index contributed by atoms with van der Waals surface area (Å²) in [6.45, 7) is 1.41. The molecule has 5 nitrogen and oxygen atoms in total. The average molecular weight is 249 g/mol. The fourth-order valence-corrected chi connectivity index (χ4v) is 1.31. The summed E-state index contributed by atoms with van der Waals surface area (Å²) < 4.78 is 5.40. The molecular formula is C13H19N3O2. The third-order valence-electron chi connectivity index (χ3n) is 2.21. The lowest BCUT2D eigenvalue weighted by molar-refractivity contribution is -0.893. The van der Waals surface area contributed by atoms with Gasteiger partial charge in [-0.15, -0.1) is 0 Å². The van der Waals surface area contributed by atoms with E-state index in [1.807, 2.05) is 24.3 Å². The number of rotatable bonds is 6. The molecule has 0 bridgehead atoms. The van der Waals surface area contributed by atoms with Crippen LogP contribution in [0.5, 0.6) is 5.75 Å². The smallest absolute Gasteiger partial charge is 0.120 e. The van der Waals surface area contributed by atoms with E-state index >= 15 is 0 Å². The Hall–Kier alpha value is -1.58. The van der Waals surface area contributed by atoms with E-state index in [2.05, 4.69) is 17.3 Å². The molecule has 1 atom stereocenters. The number of hydrogen-bond donors (Lipinski definition) is 3. The highest BCUT2D eigenvalue weighted by molar-refractivity contribution is 5.39. The zero-order valence-electron chi connectivity index (χ0n) is 10.5. The van der Waals surface area contributed by atoms with E-state index in [0.29, 0.717) is 26.1 Å². The number of benzene rings is 1. The highest BCUT2D eigenvalue weighted by Crippen LogP contribution is 2.12. The Morgan fingerprint density at radius 3 is 3.06 bits per heavy atom. The van der Waals surface area contributed by atoms with Gasteiger partial charge < -0.3 is 15.7 Å². The standard InChI is InChI=1S/C13H19N3O2/c1-15-16(17)9-3-2-5-12-6-4-7-13(11-12)18-10-8-14/h4,6-7,11,15-16H,3,8-10,14H2,1H3. The quantitative estimate of drug-likeness (QED) is 0.459. The van der Waals surface area contributed by atoms with Crippen molar-refractivity contribution in [1.82, 2.24) is 5.43 Å². The second-order valence-electron chi connectivity index (χ2n) is 3.64. The molecule has 18 heavy (non-hydrogen) atoms. The third kappa shape index (κ3) is 5.66. The number of nitrogens with one attached hydrogen (secondary N) is 2. The predicted octanol–water partition coefficient (Wildman–Crippen LogP) is -0.717. The molecule has 0 heterocycles. The molecule has 0 aliphatic rings. The van der Waals surface area contributed by atoms with Crippen LogP contribution in [0.15, 0.2) is 24.3 Å². The first-order valence-corrected chi connectivity index (χ1v) is 5.88.